The quantitative estimate of drug-likeness (QED) is 0.861. The summed E-state index contributed by atoms with van der Waals surface area (Å²) in [4.78, 5) is 8.90. The second-order valence-electron chi connectivity index (χ2n) is 4.13. The second kappa shape index (κ2) is 5.73. The van der Waals surface area contributed by atoms with Crippen LogP contribution in [-0.2, 0) is 19.3 Å². The fourth-order valence-corrected chi connectivity index (χ4v) is 1.81. The van der Waals surface area contributed by atoms with Gasteiger partial charge in [-0.3, -0.25) is 0 Å². The van der Waals surface area contributed by atoms with Crippen LogP contribution < -0.4 is 5.73 Å². The van der Waals surface area contributed by atoms with Crippen molar-refractivity contribution in [2.24, 2.45) is 5.73 Å². The van der Waals surface area contributed by atoms with Crippen LogP contribution in [0.25, 0.3) is 5.82 Å². The van der Waals surface area contributed by atoms with Crippen LogP contribution in [0.15, 0.2) is 18.3 Å². The zero-order valence-electron chi connectivity index (χ0n) is 10.9. The highest BCUT2D eigenvalue weighted by atomic mass is 15.4. The molecule has 5 heteroatoms. The maximum atomic E-state index is 5.52. The molecule has 0 spiro atoms. The summed E-state index contributed by atoms with van der Waals surface area (Å²) in [7, 11) is 0. The minimum absolute atomic E-state index is 0.643. The Morgan fingerprint density at radius 1 is 1.22 bits per heavy atom. The molecule has 0 aliphatic carbocycles. The van der Waals surface area contributed by atoms with Gasteiger partial charge in [0.05, 0.1) is 0 Å². The summed E-state index contributed by atoms with van der Waals surface area (Å²) in [6, 6.07) is 4.01. The minimum atomic E-state index is 0.643. The van der Waals surface area contributed by atoms with E-state index < -0.39 is 0 Å². The Balaban J connectivity index is 2.32. The predicted octanol–water partition coefficient (Wildman–Crippen LogP) is 1.29. The van der Waals surface area contributed by atoms with Gasteiger partial charge in [-0.2, -0.15) is 4.68 Å². The topological polar surface area (TPSA) is 69.6 Å². The average Bonchev–Trinajstić information content (AvgIpc) is 2.83. The largest absolute Gasteiger partial charge is 0.330 e. The maximum absolute atomic E-state index is 5.52. The number of hydrogen-bond donors (Lipinski definition) is 1. The monoisotopic (exact) mass is 245 g/mol. The molecule has 96 valence electrons. The van der Waals surface area contributed by atoms with Gasteiger partial charge >= 0.3 is 0 Å². The van der Waals surface area contributed by atoms with Crippen molar-refractivity contribution in [3.63, 3.8) is 0 Å². The first-order valence-electron chi connectivity index (χ1n) is 6.38. The number of aromatic nitrogens is 4. The Labute approximate surface area is 107 Å². The Kier molecular flexibility index (Phi) is 4.04. The first-order chi connectivity index (χ1) is 8.78. The van der Waals surface area contributed by atoms with Crippen molar-refractivity contribution < 1.29 is 0 Å². The van der Waals surface area contributed by atoms with E-state index in [1.165, 1.54) is 0 Å². The van der Waals surface area contributed by atoms with E-state index in [1.54, 1.807) is 0 Å². The number of nitrogens with two attached hydrogens (primary N) is 1. The lowest BCUT2D eigenvalue weighted by atomic mass is 10.2. The van der Waals surface area contributed by atoms with E-state index in [0.29, 0.717) is 6.54 Å². The SMILES string of the molecule is CCc1nc(CC)n(-c2ccc(CCN)cn2)n1. The van der Waals surface area contributed by atoms with Gasteiger partial charge in [-0.1, -0.05) is 19.9 Å². The molecule has 18 heavy (non-hydrogen) atoms. The van der Waals surface area contributed by atoms with Gasteiger partial charge in [0.15, 0.2) is 11.6 Å². The third-order valence-electron chi connectivity index (χ3n) is 2.81. The summed E-state index contributed by atoms with van der Waals surface area (Å²) in [6.45, 7) is 4.77. The first-order valence-corrected chi connectivity index (χ1v) is 6.38. The van der Waals surface area contributed by atoms with Crippen LogP contribution in [0.1, 0.15) is 31.1 Å². The summed E-state index contributed by atoms with van der Waals surface area (Å²) in [5.74, 6) is 2.63. The van der Waals surface area contributed by atoms with Crippen LogP contribution in [0.2, 0.25) is 0 Å². The van der Waals surface area contributed by atoms with Gasteiger partial charge in [0.2, 0.25) is 0 Å². The molecule has 2 aromatic rings. The predicted molar refractivity (Wildman–Crippen MR) is 70.7 cm³/mol. The zero-order valence-corrected chi connectivity index (χ0v) is 10.9. The van der Waals surface area contributed by atoms with E-state index in [0.717, 1.165) is 42.3 Å². The van der Waals surface area contributed by atoms with Gasteiger partial charge in [-0.05, 0) is 24.6 Å². The summed E-state index contributed by atoms with van der Waals surface area (Å²) >= 11 is 0. The van der Waals surface area contributed by atoms with E-state index >= 15 is 0 Å². The van der Waals surface area contributed by atoms with E-state index in [-0.39, 0.29) is 0 Å². The van der Waals surface area contributed by atoms with Crippen LogP contribution in [0.5, 0.6) is 0 Å². The zero-order chi connectivity index (χ0) is 13.0. The molecule has 0 saturated carbocycles. The maximum Gasteiger partial charge on any atom is 0.155 e. The van der Waals surface area contributed by atoms with Crippen molar-refractivity contribution in [3.8, 4) is 5.82 Å². The molecule has 0 radical (unpaired) electrons. The van der Waals surface area contributed by atoms with E-state index in [1.807, 2.05) is 23.0 Å². The van der Waals surface area contributed by atoms with E-state index in [2.05, 4.69) is 28.9 Å². The number of pyridine rings is 1. The molecule has 0 aliphatic heterocycles. The fraction of sp³-hybridized carbons (Fsp3) is 0.462. The van der Waals surface area contributed by atoms with Gasteiger partial charge < -0.3 is 5.73 Å². The minimum Gasteiger partial charge on any atom is -0.330 e. The van der Waals surface area contributed by atoms with Crippen molar-refractivity contribution in [1.29, 1.82) is 0 Å². The lowest BCUT2D eigenvalue weighted by Gasteiger charge is -2.04. The van der Waals surface area contributed by atoms with Crippen molar-refractivity contribution in [1.82, 2.24) is 19.7 Å². The molecule has 0 bridgehead atoms. The first kappa shape index (κ1) is 12.7. The molecule has 2 N–H and O–H groups in total. The summed E-state index contributed by atoms with van der Waals surface area (Å²) < 4.78 is 1.82. The Morgan fingerprint density at radius 3 is 2.61 bits per heavy atom. The summed E-state index contributed by atoms with van der Waals surface area (Å²) in [6.07, 6.45) is 4.39. The molecule has 0 amide bonds. The highest BCUT2D eigenvalue weighted by Crippen LogP contribution is 2.09. The molecule has 0 fully saturated rings. The van der Waals surface area contributed by atoms with Gasteiger partial charge in [-0.25, -0.2) is 9.97 Å². The molecular weight excluding hydrogens is 226 g/mol. The third kappa shape index (κ3) is 2.56. The molecule has 0 aliphatic rings. The molecule has 0 unspecified atom stereocenters. The van der Waals surface area contributed by atoms with Crippen LogP contribution in [0, 0.1) is 0 Å². The molecule has 2 aromatic heterocycles. The van der Waals surface area contributed by atoms with Gasteiger partial charge in [0, 0.05) is 19.0 Å². The van der Waals surface area contributed by atoms with Crippen molar-refractivity contribution in [2.45, 2.75) is 33.1 Å². The lowest BCUT2D eigenvalue weighted by molar-refractivity contribution is 0.767. The second-order valence-corrected chi connectivity index (χ2v) is 4.13. The summed E-state index contributed by atoms with van der Waals surface area (Å²) in [5.41, 5.74) is 6.67. The highest BCUT2D eigenvalue weighted by Gasteiger charge is 2.09. The normalized spacial score (nSPS) is 10.8. The van der Waals surface area contributed by atoms with E-state index in [4.69, 9.17) is 5.73 Å². The highest BCUT2D eigenvalue weighted by molar-refractivity contribution is 5.26. The molecule has 2 rings (SSSR count). The Hall–Kier alpha value is -1.75. The number of hydrogen-bond acceptors (Lipinski definition) is 4. The molecule has 0 aromatic carbocycles. The molecule has 0 atom stereocenters. The molecular formula is C13H19N5. The van der Waals surface area contributed by atoms with Crippen LogP contribution in [0.4, 0.5) is 0 Å². The third-order valence-corrected chi connectivity index (χ3v) is 2.81. The average molecular weight is 245 g/mol. The van der Waals surface area contributed by atoms with Crippen molar-refractivity contribution in [2.75, 3.05) is 6.54 Å². The van der Waals surface area contributed by atoms with Crippen LogP contribution >= 0.6 is 0 Å². The molecule has 5 nitrogen and oxygen atoms in total. The van der Waals surface area contributed by atoms with Gasteiger partial charge in [0.1, 0.15) is 5.82 Å². The summed E-state index contributed by atoms with van der Waals surface area (Å²) in [5, 5.41) is 4.46. The van der Waals surface area contributed by atoms with Crippen molar-refractivity contribution in [3.05, 3.63) is 35.5 Å². The smallest absolute Gasteiger partial charge is 0.155 e. The van der Waals surface area contributed by atoms with Crippen molar-refractivity contribution >= 4 is 0 Å². The Morgan fingerprint density at radius 2 is 2.06 bits per heavy atom. The number of nitrogens with zero attached hydrogens (tertiary/aromatic N) is 4. The van der Waals surface area contributed by atoms with Crippen LogP contribution in [0.3, 0.4) is 0 Å². The van der Waals surface area contributed by atoms with Crippen LogP contribution in [-0.4, -0.2) is 26.3 Å². The number of aryl methyl sites for hydroxylation is 2. The van der Waals surface area contributed by atoms with Gasteiger partial charge in [0.25, 0.3) is 0 Å². The number of rotatable bonds is 5. The standard InChI is InChI=1S/C13H19N5/c1-3-11-16-12(4-2)18(17-11)13-6-5-10(7-8-14)9-15-13/h5-6,9H,3-4,7-8,14H2,1-2H3. The fourth-order valence-electron chi connectivity index (χ4n) is 1.81. The lowest BCUT2D eigenvalue weighted by Crippen LogP contribution is -2.06. The van der Waals surface area contributed by atoms with Gasteiger partial charge in [-0.15, -0.1) is 5.10 Å². The van der Waals surface area contributed by atoms with E-state index in [9.17, 15) is 0 Å². The molecule has 2 heterocycles. The molecule has 0 saturated heterocycles. The Bertz CT molecular complexity index is 501.